The van der Waals surface area contributed by atoms with Crippen LogP contribution in [0.4, 0.5) is 11.4 Å². The van der Waals surface area contributed by atoms with Gasteiger partial charge in [0.05, 0.1) is 10.7 Å². The summed E-state index contributed by atoms with van der Waals surface area (Å²) in [6.45, 7) is 3.98. The third kappa shape index (κ3) is 4.91. The smallest absolute Gasteiger partial charge is 0.277 e. The van der Waals surface area contributed by atoms with E-state index in [4.69, 9.17) is 4.42 Å². The van der Waals surface area contributed by atoms with Crippen LogP contribution in [0.1, 0.15) is 11.1 Å². The maximum atomic E-state index is 12.0. The zero-order valence-electron chi connectivity index (χ0n) is 14.6. The Morgan fingerprint density at radius 2 is 1.81 bits per heavy atom. The Balaban J connectivity index is 1.58. The first-order chi connectivity index (χ1) is 12.9. The van der Waals surface area contributed by atoms with Gasteiger partial charge >= 0.3 is 0 Å². The number of aryl methyl sites for hydroxylation is 2. The number of rotatable bonds is 6. The number of nitrogens with zero attached hydrogens (tertiary/aromatic N) is 3. The molecule has 9 heteroatoms. The molecule has 3 rings (SSSR count). The van der Waals surface area contributed by atoms with Gasteiger partial charge in [0, 0.05) is 23.4 Å². The number of nitro groups is 1. The van der Waals surface area contributed by atoms with E-state index in [1.54, 1.807) is 0 Å². The van der Waals surface area contributed by atoms with Crippen molar-refractivity contribution in [1.82, 2.24) is 10.2 Å². The Morgan fingerprint density at radius 3 is 2.44 bits per heavy atom. The maximum absolute atomic E-state index is 12.0. The quantitative estimate of drug-likeness (QED) is 0.388. The SMILES string of the molecule is Cc1cc(C)cc(-c2nnc(SCC(=O)Nc3ccc([N+](=O)[O-])cc3)o2)c1. The summed E-state index contributed by atoms with van der Waals surface area (Å²) in [4.78, 5) is 22.1. The number of nitro benzene ring substituents is 1. The lowest BCUT2D eigenvalue weighted by Gasteiger charge is -2.03. The highest BCUT2D eigenvalue weighted by atomic mass is 32.2. The van der Waals surface area contributed by atoms with Gasteiger partial charge in [-0.25, -0.2) is 0 Å². The fourth-order valence-corrected chi connectivity index (χ4v) is 3.04. The van der Waals surface area contributed by atoms with E-state index in [0.717, 1.165) is 28.5 Å². The van der Waals surface area contributed by atoms with Crippen LogP contribution in [-0.4, -0.2) is 26.8 Å². The molecule has 0 fully saturated rings. The molecule has 0 spiro atoms. The van der Waals surface area contributed by atoms with E-state index in [1.165, 1.54) is 24.3 Å². The van der Waals surface area contributed by atoms with Gasteiger partial charge in [0.2, 0.25) is 11.8 Å². The van der Waals surface area contributed by atoms with E-state index in [1.807, 2.05) is 26.0 Å². The maximum Gasteiger partial charge on any atom is 0.277 e. The second-order valence-corrected chi connectivity index (χ2v) is 6.82. The van der Waals surface area contributed by atoms with Crippen LogP contribution in [-0.2, 0) is 4.79 Å². The highest BCUT2D eigenvalue weighted by Gasteiger charge is 2.12. The van der Waals surface area contributed by atoms with Crippen molar-refractivity contribution in [3.05, 3.63) is 63.7 Å². The van der Waals surface area contributed by atoms with Crippen LogP contribution in [0, 0.1) is 24.0 Å². The van der Waals surface area contributed by atoms with E-state index in [-0.39, 0.29) is 17.3 Å². The molecule has 8 nitrogen and oxygen atoms in total. The van der Waals surface area contributed by atoms with Crippen LogP contribution < -0.4 is 5.32 Å². The number of nitrogens with one attached hydrogen (secondary N) is 1. The van der Waals surface area contributed by atoms with E-state index in [2.05, 4.69) is 21.6 Å². The Bertz CT molecular complexity index is 965. The van der Waals surface area contributed by atoms with Crippen molar-refractivity contribution < 1.29 is 14.1 Å². The van der Waals surface area contributed by atoms with Crippen molar-refractivity contribution in [2.45, 2.75) is 19.1 Å². The Morgan fingerprint density at radius 1 is 1.15 bits per heavy atom. The molecule has 1 N–H and O–H groups in total. The number of carbonyl (C=O) groups is 1. The standard InChI is InChI=1S/C18H16N4O4S/c1-11-7-12(2)9-13(8-11)17-20-21-18(26-17)27-10-16(23)19-14-3-5-15(6-4-14)22(24)25/h3-9H,10H2,1-2H3,(H,19,23). The molecule has 0 saturated carbocycles. The van der Waals surface area contributed by atoms with E-state index >= 15 is 0 Å². The van der Waals surface area contributed by atoms with Gasteiger partial charge in [-0.2, -0.15) is 0 Å². The molecule has 0 aliphatic carbocycles. The van der Waals surface area contributed by atoms with Crippen LogP contribution in [0.3, 0.4) is 0 Å². The summed E-state index contributed by atoms with van der Waals surface area (Å²) >= 11 is 1.12. The summed E-state index contributed by atoms with van der Waals surface area (Å²) in [6.07, 6.45) is 0. The minimum Gasteiger partial charge on any atom is -0.411 e. The lowest BCUT2D eigenvalue weighted by Crippen LogP contribution is -2.13. The molecule has 1 heterocycles. The number of hydrogen-bond donors (Lipinski definition) is 1. The fourth-order valence-electron chi connectivity index (χ4n) is 2.47. The van der Waals surface area contributed by atoms with Gasteiger partial charge in [-0.15, -0.1) is 10.2 Å². The Hall–Kier alpha value is -3.20. The molecule has 0 radical (unpaired) electrons. The Labute approximate surface area is 159 Å². The number of amides is 1. The van der Waals surface area contributed by atoms with Gasteiger partial charge in [0.15, 0.2) is 0 Å². The van der Waals surface area contributed by atoms with E-state index in [0.29, 0.717) is 16.8 Å². The van der Waals surface area contributed by atoms with Gasteiger partial charge in [-0.1, -0.05) is 29.0 Å². The van der Waals surface area contributed by atoms with Gasteiger partial charge in [-0.3, -0.25) is 14.9 Å². The molecule has 138 valence electrons. The minimum atomic E-state index is -0.496. The van der Waals surface area contributed by atoms with Gasteiger partial charge in [-0.05, 0) is 38.1 Å². The predicted molar refractivity (Wildman–Crippen MR) is 102 cm³/mol. The normalized spacial score (nSPS) is 10.6. The topological polar surface area (TPSA) is 111 Å². The van der Waals surface area contributed by atoms with Crippen LogP contribution in [0.2, 0.25) is 0 Å². The highest BCUT2D eigenvalue weighted by Crippen LogP contribution is 2.25. The van der Waals surface area contributed by atoms with Crippen molar-refractivity contribution >= 4 is 29.0 Å². The van der Waals surface area contributed by atoms with Crippen LogP contribution in [0.15, 0.2) is 52.1 Å². The average molecular weight is 384 g/mol. The first-order valence-corrected chi connectivity index (χ1v) is 8.98. The predicted octanol–water partition coefficient (Wildman–Crippen LogP) is 3.99. The molecular formula is C18H16N4O4S. The fraction of sp³-hybridized carbons (Fsp3) is 0.167. The molecule has 0 unspecified atom stereocenters. The molecule has 3 aromatic rings. The minimum absolute atomic E-state index is 0.0350. The van der Waals surface area contributed by atoms with Crippen molar-refractivity contribution in [3.8, 4) is 11.5 Å². The molecule has 1 aromatic heterocycles. The first-order valence-electron chi connectivity index (χ1n) is 8.00. The average Bonchev–Trinajstić information content (AvgIpc) is 3.09. The summed E-state index contributed by atoms with van der Waals surface area (Å²) < 4.78 is 5.61. The first kappa shape index (κ1) is 18.6. The molecule has 0 saturated heterocycles. The van der Waals surface area contributed by atoms with Crippen molar-refractivity contribution in [2.75, 3.05) is 11.1 Å². The van der Waals surface area contributed by atoms with Crippen LogP contribution in [0.25, 0.3) is 11.5 Å². The summed E-state index contributed by atoms with van der Waals surface area (Å²) in [5.74, 6) is 0.200. The number of carbonyl (C=O) groups excluding carboxylic acids is 1. The van der Waals surface area contributed by atoms with Gasteiger partial charge in [0.1, 0.15) is 0 Å². The monoisotopic (exact) mass is 384 g/mol. The molecule has 2 aromatic carbocycles. The van der Waals surface area contributed by atoms with Crippen LogP contribution >= 0.6 is 11.8 Å². The van der Waals surface area contributed by atoms with Gasteiger partial charge < -0.3 is 9.73 Å². The van der Waals surface area contributed by atoms with Crippen molar-refractivity contribution in [1.29, 1.82) is 0 Å². The number of benzene rings is 2. The number of thioether (sulfide) groups is 1. The second-order valence-electron chi connectivity index (χ2n) is 5.89. The third-order valence-electron chi connectivity index (χ3n) is 3.56. The largest absolute Gasteiger partial charge is 0.411 e. The summed E-state index contributed by atoms with van der Waals surface area (Å²) in [7, 11) is 0. The zero-order valence-corrected chi connectivity index (χ0v) is 15.4. The molecule has 0 atom stereocenters. The molecule has 0 bridgehead atoms. The lowest BCUT2D eigenvalue weighted by molar-refractivity contribution is -0.384. The lowest BCUT2D eigenvalue weighted by atomic mass is 10.1. The highest BCUT2D eigenvalue weighted by molar-refractivity contribution is 7.99. The van der Waals surface area contributed by atoms with Gasteiger partial charge in [0.25, 0.3) is 10.9 Å². The molecule has 0 aliphatic heterocycles. The molecule has 1 amide bonds. The summed E-state index contributed by atoms with van der Waals surface area (Å²) in [5.41, 5.74) is 3.47. The Kier molecular flexibility index (Phi) is 5.51. The number of anilines is 1. The van der Waals surface area contributed by atoms with E-state index < -0.39 is 4.92 Å². The molecule has 27 heavy (non-hydrogen) atoms. The number of aromatic nitrogens is 2. The molecular weight excluding hydrogens is 368 g/mol. The number of hydrogen-bond acceptors (Lipinski definition) is 7. The molecule has 0 aliphatic rings. The van der Waals surface area contributed by atoms with Crippen molar-refractivity contribution in [2.24, 2.45) is 0 Å². The van der Waals surface area contributed by atoms with E-state index in [9.17, 15) is 14.9 Å². The zero-order chi connectivity index (χ0) is 19.4. The number of non-ortho nitro benzene ring substituents is 1. The summed E-state index contributed by atoms with van der Waals surface area (Å²) in [5, 5.41) is 21.6. The van der Waals surface area contributed by atoms with Crippen molar-refractivity contribution in [3.63, 3.8) is 0 Å². The third-order valence-corrected chi connectivity index (χ3v) is 4.38. The van der Waals surface area contributed by atoms with Crippen LogP contribution in [0.5, 0.6) is 0 Å². The summed E-state index contributed by atoms with van der Waals surface area (Å²) in [6, 6.07) is 11.6. The second kappa shape index (κ2) is 8.00.